The van der Waals surface area contributed by atoms with Crippen molar-refractivity contribution < 1.29 is 22.7 Å². The number of halogens is 3. The molecule has 1 aromatic heterocycles. The molecule has 1 fully saturated rings. The van der Waals surface area contributed by atoms with E-state index in [0.717, 1.165) is 12.5 Å². The Morgan fingerprint density at radius 1 is 1.35 bits per heavy atom. The van der Waals surface area contributed by atoms with Crippen LogP contribution in [0.15, 0.2) is 36.5 Å². The zero-order chi connectivity index (χ0) is 14.5. The molecule has 0 spiro atoms. The van der Waals surface area contributed by atoms with Crippen LogP contribution in [-0.4, -0.2) is 23.8 Å². The maximum atomic E-state index is 13.0. The summed E-state index contributed by atoms with van der Waals surface area (Å²) in [7, 11) is 1.11. The van der Waals surface area contributed by atoms with Crippen LogP contribution in [0, 0.1) is 5.92 Å². The molecule has 20 heavy (non-hydrogen) atoms. The van der Waals surface area contributed by atoms with Gasteiger partial charge < -0.3 is 9.30 Å². The number of esters is 1. The molecule has 0 radical (unpaired) electrons. The van der Waals surface area contributed by atoms with E-state index in [1.54, 1.807) is 30.3 Å². The number of carbonyl (C=O) groups is 1. The number of hydrogen-bond acceptors (Lipinski definition) is 2. The van der Waals surface area contributed by atoms with Crippen molar-refractivity contribution in [2.45, 2.75) is 18.1 Å². The molecule has 1 heterocycles. The van der Waals surface area contributed by atoms with Gasteiger partial charge in [-0.15, -0.1) is 0 Å². The molecule has 1 aliphatic carbocycles. The van der Waals surface area contributed by atoms with Gasteiger partial charge in [0.05, 0.1) is 13.0 Å². The Kier molecular flexibility index (Phi) is 2.61. The fraction of sp³-hybridized carbons (Fsp3) is 0.357. The summed E-state index contributed by atoms with van der Waals surface area (Å²) in [6.07, 6.45) is -3.17. The van der Waals surface area contributed by atoms with Crippen molar-refractivity contribution in [2.75, 3.05) is 7.11 Å². The largest absolute Gasteiger partial charge is 0.467 e. The van der Waals surface area contributed by atoms with Crippen molar-refractivity contribution in [3.8, 4) is 0 Å². The van der Waals surface area contributed by atoms with Crippen molar-refractivity contribution in [2.24, 2.45) is 5.92 Å². The molecule has 3 rings (SSSR count). The minimum absolute atomic E-state index is 0.276. The minimum atomic E-state index is -4.42. The molecule has 106 valence electrons. The van der Waals surface area contributed by atoms with Crippen LogP contribution in [0.5, 0.6) is 0 Å². The third-order valence-electron chi connectivity index (χ3n) is 3.89. The number of para-hydroxylation sites is 1. The first-order valence-corrected chi connectivity index (χ1v) is 6.13. The monoisotopic (exact) mass is 283 g/mol. The lowest BCUT2D eigenvalue weighted by Crippen LogP contribution is -2.34. The molecule has 1 aliphatic rings. The highest BCUT2D eigenvalue weighted by Gasteiger charge is 2.73. The summed E-state index contributed by atoms with van der Waals surface area (Å²) in [5.74, 6) is -2.54. The summed E-state index contributed by atoms with van der Waals surface area (Å²) in [6.45, 7) is 0. The van der Waals surface area contributed by atoms with Gasteiger partial charge in [-0.25, -0.2) is 4.79 Å². The van der Waals surface area contributed by atoms with E-state index in [4.69, 9.17) is 0 Å². The Balaban J connectivity index is 2.15. The molecule has 1 aromatic carbocycles. The van der Waals surface area contributed by atoms with Gasteiger partial charge in [-0.05, 0) is 23.9 Å². The SMILES string of the molecule is COC(=O)[C@@]1(n2ccc3ccccc32)C[C@H]1C(F)(F)F. The van der Waals surface area contributed by atoms with Crippen LogP contribution in [-0.2, 0) is 15.1 Å². The standard InChI is InChI=1S/C14H12F3NO2/c1-20-12(19)13(8-11(13)14(15,16)17)18-7-6-9-4-2-3-5-10(9)18/h2-7,11H,8H2,1H3/t11-,13-/m1/s1. The van der Waals surface area contributed by atoms with Crippen LogP contribution >= 0.6 is 0 Å². The van der Waals surface area contributed by atoms with E-state index in [-0.39, 0.29) is 6.42 Å². The van der Waals surface area contributed by atoms with Crippen molar-refractivity contribution >= 4 is 16.9 Å². The van der Waals surface area contributed by atoms with Gasteiger partial charge in [-0.2, -0.15) is 13.2 Å². The molecule has 3 nitrogen and oxygen atoms in total. The quantitative estimate of drug-likeness (QED) is 0.793. The Morgan fingerprint density at radius 3 is 2.65 bits per heavy atom. The van der Waals surface area contributed by atoms with Gasteiger partial charge in [0.2, 0.25) is 0 Å². The lowest BCUT2D eigenvalue weighted by atomic mass is 10.1. The second kappa shape index (κ2) is 4.01. The van der Waals surface area contributed by atoms with Gasteiger partial charge in [-0.3, -0.25) is 0 Å². The Morgan fingerprint density at radius 2 is 2.05 bits per heavy atom. The third-order valence-corrected chi connectivity index (χ3v) is 3.89. The summed E-state index contributed by atoms with van der Waals surface area (Å²) in [5.41, 5.74) is -1.06. The Bertz CT molecular complexity index is 676. The van der Waals surface area contributed by atoms with Gasteiger partial charge in [0.1, 0.15) is 0 Å². The number of rotatable bonds is 2. The topological polar surface area (TPSA) is 31.2 Å². The molecular weight excluding hydrogens is 271 g/mol. The molecular formula is C14H12F3NO2. The number of methoxy groups -OCH3 is 1. The maximum absolute atomic E-state index is 13.0. The van der Waals surface area contributed by atoms with Gasteiger partial charge in [-0.1, -0.05) is 18.2 Å². The van der Waals surface area contributed by atoms with Gasteiger partial charge >= 0.3 is 12.1 Å². The number of hydrogen-bond donors (Lipinski definition) is 0. The average molecular weight is 283 g/mol. The van der Waals surface area contributed by atoms with Crippen LogP contribution in [0.1, 0.15) is 6.42 Å². The number of benzene rings is 1. The van der Waals surface area contributed by atoms with E-state index in [1.165, 1.54) is 10.8 Å². The fourth-order valence-electron chi connectivity index (χ4n) is 2.84. The third kappa shape index (κ3) is 1.63. The first kappa shape index (κ1) is 13.0. The highest BCUT2D eigenvalue weighted by Crippen LogP contribution is 2.59. The first-order valence-electron chi connectivity index (χ1n) is 6.13. The highest BCUT2D eigenvalue weighted by atomic mass is 19.4. The van der Waals surface area contributed by atoms with Crippen LogP contribution in [0.4, 0.5) is 13.2 Å². The summed E-state index contributed by atoms with van der Waals surface area (Å²) < 4.78 is 45.0. The van der Waals surface area contributed by atoms with Crippen LogP contribution in [0.25, 0.3) is 10.9 Å². The lowest BCUT2D eigenvalue weighted by molar-refractivity contribution is -0.168. The van der Waals surface area contributed by atoms with E-state index in [0.29, 0.717) is 5.52 Å². The molecule has 0 saturated heterocycles. The van der Waals surface area contributed by atoms with Gasteiger partial charge in [0.15, 0.2) is 5.54 Å². The molecule has 1 saturated carbocycles. The number of carbonyl (C=O) groups excluding carboxylic acids is 1. The van der Waals surface area contributed by atoms with E-state index in [1.807, 2.05) is 0 Å². The van der Waals surface area contributed by atoms with E-state index in [2.05, 4.69) is 4.74 Å². The number of fused-ring (bicyclic) bond motifs is 1. The zero-order valence-electron chi connectivity index (χ0n) is 10.6. The molecule has 2 atom stereocenters. The minimum Gasteiger partial charge on any atom is -0.467 e. The molecule has 0 bridgehead atoms. The van der Waals surface area contributed by atoms with Crippen molar-refractivity contribution in [1.82, 2.24) is 4.57 Å². The molecule has 2 aromatic rings. The number of alkyl halides is 3. The van der Waals surface area contributed by atoms with Gasteiger partial charge in [0, 0.05) is 11.7 Å². The molecule has 0 aliphatic heterocycles. The molecule has 0 N–H and O–H groups in total. The van der Waals surface area contributed by atoms with E-state index < -0.39 is 23.6 Å². The van der Waals surface area contributed by atoms with Crippen LogP contribution < -0.4 is 0 Å². The molecule has 0 unspecified atom stereocenters. The number of nitrogens with zero attached hydrogens (tertiary/aromatic N) is 1. The Hall–Kier alpha value is -1.98. The lowest BCUT2D eigenvalue weighted by Gasteiger charge is -2.19. The zero-order valence-corrected chi connectivity index (χ0v) is 10.6. The van der Waals surface area contributed by atoms with E-state index >= 15 is 0 Å². The smallest absolute Gasteiger partial charge is 0.394 e. The van der Waals surface area contributed by atoms with Crippen molar-refractivity contribution in [1.29, 1.82) is 0 Å². The molecule has 6 heteroatoms. The van der Waals surface area contributed by atoms with Crippen molar-refractivity contribution in [3.63, 3.8) is 0 Å². The summed E-state index contributed by atoms with van der Waals surface area (Å²) in [4.78, 5) is 12.0. The second-order valence-corrected chi connectivity index (χ2v) is 4.96. The maximum Gasteiger partial charge on any atom is 0.394 e. The number of aromatic nitrogens is 1. The van der Waals surface area contributed by atoms with Crippen LogP contribution in [0.2, 0.25) is 0 Å². The normalized spacial score (nSPS) is 25.7. The van der Waals surface area contributed by atoms with Crippen molar-refractivity contribution in [3.05, 3.63) is 36.5 Å². The Labute approximate surface area is 112 Å². The second-order valence-electron chi connectivity index (χ2n) is 4.96. The van der Waals surface area contributed by atoms with E-state index in [9.17, 15) is 18.0 Å². The number of ether oxygens (including phenoxy) is 1. The summed E-state index contributed by atoms with van der Waals surface area (Å²) >= 11 is 0. The molecule has 0 amide bonds. The summed E-state index contributed by atoms with van der Waals surface area (Å²) in [5, 5.41) is 0.795. The summed E-state index contributed by atoms with van der Waals surface area (Å²) in [6, 6.07) is 8.72. The predicted octanol–water partition coefficient (Wildman–Crippen LogP) is 3.09. The van der Waals surface area contributed by atoms with Gasteiger partial charge in [0.25, 0.3) is 0 Å². The fourth-order valence-corrected chi connectivity index (χ4v) is 2.84. The highest BCUT2D eigenvalue weighted by molar-refractivity contribution is 5.88. The predicted molar refractivity (Wildman–Crippen MR) is 66.1 cm³/mol. The van der Waals surface area contributed by atoms with Crippen LogP contribution in [0.3, 0.4) is 0 Å². The average Bonchev–Trinajstić information content (AvgIpc) is 3.04. The first-order chi connectivity index (χ1) is 9.41.